The number of rotatable bonds is 0. The lowest BCUT2D eigenvalue weighted by atomic mass is 10.1. The van der Waals surface area contributed by atoms with Gasteiger partial charge in [-0.05, 0) is 25.0 Å². The van der Waals surface area contributed by atoms with E-state index in [2.05, 4.69) is 50.2 Å². The van der Waals surface area contributed by atoms with E-state index in [1.807, 2.05) is 39.0 Å². The van der Waals surface area contributed by atoms with E-state index in [1.54, 1.807) is 0 Å². The van der Waals surface area contributed by atoms with Crippen LogP contribution >= 0.6 is 11.3 Å². The van der Waals surface area contributed by atoms with Crippen LogP contribution in [0.5, 0.6) is 0 Å². The maximum Gasteiger partial charge on any atom is 0.0384 e. The molecule has 0 amide bonds. The molecule has 19 heavy (non-hydrogen) atoms. The van der Waals surface area contributed by atoms with Gasteiger partial charge in [-0.25, -0.2) is 0 Å². The standard InChI is InChI=1S/C14H12S.2C2H6/c1-9-5-3-7-11-12-8-4-6-10(2)14(12)15-13(9)11;2*1-2/h3-8H,1-2H3;2*1-2H3. The monoisotopic (exact) mass is 272 g/mol. The molecule has 2 aromatic carbocycles. The first-order chi connectivity index (χ1) is 9.27. The van der Waals surface area contributed by atoms with Gasteiger partial charge in [-0.1, -0.05) is 64.1 Å². The van der Waals surface area contributed by atoms with Gasteiger partial charge in [0.1, 0.15) is 0 Å². The van der Waals surface area contributed by atoms with Crippen molar-refractivity contribution in [2.75, 3.05) is 0 Å². The summed E-state index contributed by atoms with van der Waals surface area (Å²) in [6, 6.07) is 13.1. The molecule has 0 N–H and O–H groups in total. The van der Waals surface area contributed by atoms with Gasteiger partial charge in [0, 0.05) is 20.2 Å². The van der Waals surface area contributed by atoms with Crippen LogP contribution in [0.3, 0.4) is 0 Å². The Morgan fingerprint density at radius 1 is 0.632 bits per heavy atom. The smallest absolute Gasteiger partial charge is 0.0384 e. The van der Waals surface area contributed by atoms with E-state index in [1.165, 1.54) is 31.3 Å². The van der Waals surface area contributed by atoms with Crippen molar-refractivity contribution in [1.82, 2.24) is 0 Å². The quantitative estimate of drug-likeness (QED) is 0.426. The van der Waals surface area contributed by atoms with Crippen LogP contribution in [0.15, 0.2) is 36.4 Å². The highest BCUT2D eigenvalue weighted by Crippen LogP contribution is 2.36. The van der Waals surface area contributed by atoms with Gasteiger partial charge in [0.15, 0.2) is 0 Å². The SMILES string of the molecule is CC.CC.Cc1cccc2c1sc1c(C)cccc12. The van der Waals surface area contributed by atoms with Crippen molar-refractivity contribution in [2.45, 2.75) is 41.5 Å². The van der Waals surface area contributed by atoms with E-state index in [0.29, 0.717) is 0 Å². The number of thiophene rings is 1. The molecule has 0 fully saturated rings. The van der Waals surface area contributed by atoms with Gasteiger partial charge in [0.05, 0.1) is 0 Å². The third-order valence-corrected chi connectivity index (χ3v) is 4.41. The highest BCUT2D eigenvalue weighted by atomic mass is 32.1. The molecule has 0 saturated heterocycles. The van der Waals surface area contributed by atoms with Crippen molar-refractivity contribution in [3.05, 3.63) is 47.5 Å². The lowest BCUT2D eigenvalue weighted by Crippen LogP contribution is -1.71. The van der Waals surface area contributed by atoms with Gasteiger partial charge in [0.25, 0.3) is 0 Å². The van der Waals surface area contributed by atoms with E-state index in [-0.39, 0.29) is 0 Å². The highest BCUT2D eigenvalue weighted by Gasteiger charge is 2.07. The van der Waals surface area contributed by atoms with Gasteiger partial charge in [-0.2, -0.15) is 0 Å². The predicted molar refractivity (Wildman–Crippen MR) is 91.5 cm³/mol. The van der Waals surface area contributed by atoms with E-state index in [4.69, 9.17) is 0 Å². The number of fused-ring (bicyclic) bond motifs is 3. The lowest BCUT2D eigenvalue weighted by molar-refractivity contribution is 1.50. The molecule has 0 bridgehead atoms. The second-order valence-corrected chi connectivity index (χ2v) is 5.03. The maximum atomic E-state index is 2.22. The molecule has 1 aromatic heterocycles. The summed E-state index contributed by atoms with van der Waals surface area (Å²) < 4.78 is 2.86. The largest absolute Gasteiger partial charge is 0.135 e. The van der Waals surface area contributed by atoms with E-state index >= 15 is 0 Å². The number of aryl methyl sites for hydroxylation is 2. The minimum atomic E-state index is 1.38. The minimum Gasteiger partial charge on any atom is -0.135 e. The first kappa shape index (κ1) is 15.7. The average molecular weight is 272 g/mol. The zero-order valence-corrected chi connectivity index (χ0v) is 13.7. The molecule has 102 valence electrons. The van der Waals surface area contributed by atoms with Crippen LogP contribution < -0.4 is 0 Å². The first-order valence-corrected chi connectivity index (χ1v) is 7.96. The minimum absolute atomic E-state index is 1.38. The molecule has 1 heteroatoms. The Morgan fingerprint density at radius 3 is 1.37 bits per heavy atom. The summed E-state index contributed by atoms with van der Waals surface area (Å²) in [5.41, 5.74) is 2.77. The molecule has 1 heterocycles. The maximum absolute atomic E-state index is 2.22. The summed E-state index contributed by atoms with van der Waals surface area (Å²) in [6.07, 6.45) is 0. The van der Waals surface area contributed by atoms with E-state index in [9.17, 15) is 0 Å². The third-order valence-electron chi connectivity index (χ3n) is 2.92. The van der Waals surface area contributed by atoms with Crippen molar-refractivity contribution in [1.29, 1.82) is 0 Å². The molecule has 0 saturated carbocycles. The van der Waals surface area contributed by atoms with Crippen molar-refractivity contribution in [2.24, 2.45) is 0 Å². The fourth-order valence-corrected chi connectivity index (χ4v) is 3.34. The summed E-state index contributed by atoms with van der Waals surface area (Å²) in [4.78, 5) is 0. The van der Waals surface area contributed by atoms with Crippen LogP contribution in [0, 0.1) is 13.8 Å². The molecule has 0 nitrogen and oxygen atoms in total. The van der Waals surface area contributed by atoms with Gasteiger partial charge in [-0.3, -0.25) is 0 Å². The zero-order valence-electron chi connectivity index (χ0n) is 12.9. The van der Waals surface area contributed by atoms with Crippen LogP contribution in [-0.2, 0) is 0 Å². The van der Waals surface area contributed by atoms with Gasteiger partial charge < -0.3 is 0 Å². The van der Waals surface area contributed by atoms with Crippen molar-refractivity contribution < 1.29 is 0 Å². The Morgan fingerprint density at radius 2 is 1.00 bits per heavy atom. The summed E-state index contributed by atoms with van der Waals surface area (Å²) in [5.74, 6) is 0. The molecule has 3 aromatic rings. The lowest BCUT2D eigenvalue weighted by Gasteiger charge is -1.94. The summed E-state index contributed by atoms with van der Waals surface area (Å²) in [5, 5.41) is 2.80. The number of hydrogen-bond donors (Lipinski definition) is 0. The molecule has 0 atom stereocenters. The molecular formula is C18H24S. The molecular weight excluding hydrogens is 248 g/mol. The van der Waals surface area contributed by atoms with Crippen molar-refractivity contribution in [3.63, 3.8) is 0 Å². The van der Waals surface area contributed by atoms with Crippen LogP contribution in [0.2, 0.25) is 0 Å². The first-order valence-electron chi connectivity index (χ1n) is 7.15. The summed E-state index contributed by atoms with van der Waals surface area (Å²) in [7, 11) is 0. The third kappa shape index (κ3) is 2.98. The topological polar surface area (TPSA) is 0 Å². The number of benzene rings is 2. The summed E-state index contributed by atoms with van der Waals surface area (Å²) in [6.45, 7) is 12.4. The second kappa shape index (κ2) is 7.30. The molecule has 3 rings (SSSR count). The van der Waals surface area contributed by atoms with Crippen LogP contribution in [-0.4, -0.2) is 0 Å². The second-order valence-electron chi connectivity index (χ2n) is 4.01. The molecule has 0 spiro atoms. The Labute approximate surface area is 121 Å². The molecule has 0 aliphatic carbocycles. The molecule has 0 unspecified atom stereocenters. The Kier molecular flexibility index (Phi) is 6.04. The van der Waals surface area contributed by atoms with E-state index in [0.717, 1.165) is 0 Å². The Hall–Kier alpha value is -1.34. The van der Waals surface area contributed by atoms with Gasteiger partial charge >= 0.3 is 0 Å². The van der Waals surface area contributed by atoms with Crippen LogP contribution in [0.1, 0.15) is 38.8 Å². The Balaban J connectivity index is 0.000000415. The van der Waals surface area contributed by atoms with Crippen LogP contribution in [0.4, 0.5) is 0 Å². The van der Waals surface area contributed by atoms with Crippen molar-refractivity contribution >= 4 is 31.5 Å². The number of hydrogen-bond acceptors (Lipinski definition) is 1. The molecule has 0 radical (unpaired) electrons. The fraction of sp³-hybridized carbons (Fsp3) is 0.333. The van der Waals surface area contributed by atoms with Gasteiger partial charge in [0.2, 0.25) is 0 Å². The zero-order chi connectivity index (χ0) is 14.4. The Bertz CT molecular complexity index is 591. The molecule has 0 aliphatic rings. The van der Waals surface area contributed by atoms with Crippen LogP contribution in [0.25, 0.3) is 20.2 Å². The van der Waals surface area contributed by atoms with E-state index < -0.39 is 0 Å². The average Bonchev–Trinajstić information content (AvgIpc) is 2.85. The highest BCUT2D eigenvalue weighted by molar-refractivity contribution is 7.26. The summed E-state index contributed by atoms with van der Waals surface area (Å²) >= 11 is 1.91. The molecule has 0 aliphatic heterocycles. The fourth-order valence-electron chi connectivity index (χ4n) is 2.10. The normalized spacial score (nSPS) is 9.58. The van der Waals surface area contributed by atoms with Crippen molar-refractivity contribution in [3.8, 4) is 0 Å². The van der Waals surface area contributed by atoms with Gasteiger partial charge in [-0.15, -0.1) is 11.3 Å². The predicted octanol–water partition coefficient (Wildman–Crippen LogP) is 6.72.